The highest BCUT2D eigenvalue weighted by molar-refractivity contribution is 5.94. The van der Waals surface area contributed by atoms with Crippen molar-refractivity contribution in [1.82, 2.24) is 14.8 Å². The summed E-state index contributed by atoms with van der Waals surface area (Å²) in [6, 6.07) is 3.71. The van der Waals surface area contributed by atoms with Crippen molar-refractivity contribution in [3.8, 4) is 0 Å². The summed E-state index contributed by atoms with van der Waals surface area (Å²) in [6.45, 7) is 3.11. The first-order valence-corrected chi connectivity index (χ1v) is 11.8. The molecule has 4 aliphatic rings. The van der Waals surface area contributed by atoms with Crippen molar-refractivity contribution in [1.29, 1.82) is 0 Å². The minimum Gasteiger partial charge on any atom is -0.456 e. The second-order valence-corrected chi connectivity index (χ2v) is 9.57. The van der Waals surface area contributed by atoms with Gasteiger partial charge in [-0.05, 0) is 25.8 Å². The first-order valence-electron chi connectivity index (χ1n) is 11.8. The van der Waals surface area contributed by atoms with E-state index in [4.69, 9.17) is 21.2 Å². The number of carbonyl (C=O) groups excluding carboxylic acids is 2. The lowest BCUT2D eigenvalue weighted by atomic mass is 9.83. The Bertz CT molecular complexity index is 1040. The van der Waals surface area contributed by atoms with Gasteiger partial charge >= 0.3 is 5.97 Å². The molecule has 188 valence electrons. The Labute approximate surface area is 203 Å². The molecule has 1 amide bonds. The molecule has 3 atom stereocenters. The molecule has 1 aromatic heterocycles. The highest BCUT2D eigenvalue weighted by atomic mass is 16.5. The van der Waals surface area contributed by atoms with Crippen LogP contribution in [0.25, 0.3) is 0 Å². The molecule has 5 N–H and O–H groups in total. The van der Waals surface area contributed by atoms with E-state index in [-0.39, 0.29) is 30.6 Å². The molecule has 12 heteroatoms. The van der Waals surface area contributed by atoms with E-state index in [0.717, 1.165) is 12.8 Å². The number of hydrazone groups is 1. The topological polar surface area (TPSA) is 160 Å². The molecular formula is C23H31N7O5. The number of nitrogens with two attached hydrogens (primary N) is 2. The number of ether oxygens (including phenoxy) is 2. The van der Waals surface area contributed by atoms with Crippen LogP contribution in [0.2, 0.25) is 0 Å². The summed E-state index contributed by atoms with van der Waals surface area (Å²) < 4.78 is 11.3. The maximum Gasteiger partial charge on any atom is 0.336 e. The van der Waals surface area contributed by atoms with E-state index in [9.17, 15) is 14.7 Å². The van der Waals surface area contributed by atoms with Crippen LogP contribution >= 0.6 is 0 Å². The van der Waals surface area contributed by atoms with Crippen molar-refractivity contribution in [2.24, 2.45) is 16.8 Å². The van der Waals surface area contributed by atoms with Gasteiger partial charge in [0.25, 0.3) is 5.91 Å². The van der Waals surface area contributed by atoms with Crippen molar-refractivity contribution in [2.75, 3.05) is 31.3 Å². The average molecular weight is 486 g/mol. The number of cyclic esters (lactones) is 1. The fraction of sp³-hybridized carbons (Fsp3) is 0.565. The second-order valence-electron chi connectivity index (χ2n) is 9.57. The van der Waals surface area contributed by atoms with Crippen molar-refractivity contribution in [3.63, 3.8) is 0 Å². The van der Waals surface area contributed by atoms with E-state index in [1.807, 2.05) is 0 Å². The van der Waals surface area contributed by atoms with Gasteiger partial charge < -0.3 is 25.3 Å². The summed E-state index contributed by atoms with van der Waals surface area (Å²) in [5, 5.41) is 15.5. The molecule has 3 saturated heterocycles. The van der Waals surface area contributed by atoms with Crippen LogP contribution < -0.4 is 16.7 Å². The minimum atomic E-state index is -0.900. The lowest BCUT2D eigenvalue weighted by Gasteiger charge is -2.49. The zero-order chi connectivity index (χ0) is 24.7. The molecule has 0 aromatic carbocycles. The number of carbonyl (C=O) groups is 2. The Balaban J connectivity index is 1.27. The molecule has 3 unspecified atom stereocenters. The van der Waals surface area contributed by atoms with E-state index < -0.39 is 11.7 Å². The maximum atomic E-state index is 13.6. The SMILES string of the molecule is CC1=C(N2CCOC3(CC4CCC(C3)N4CC(O)c3ccc(N(N)/C=N\N)nc3)C2=O)COC1=O. The number of morpholine rings is 1. The summed E-state index contributed by atoms with van der Waals surface area (Å²) in [4.78, 5) is 33.7. The van der Waals surface area contributed by atoms with Crippen LogP contribution in [0.5, 0.6) is 0 Å². The van der Waals surface area contributed by atoms with Gasteiger partial charge in [0.15, 0.2) is 0 Å². The van der Waals surface area contributed by atoms with Crippen LogP contribution in [-0.4, -0.2) is 82.1 Å². The van der Waals surface area contributed by atoms with Crippen LogP contribution in [0.1, 0.15) is 44.3 Å². The molecule has 5 rings (SSSR count). The Morgan fingerprint density at radius 1 is 1.34 bits per heavy atom. The molecule has 1 spiro atoms. The summed E-state index contributed by atoms with van der Waals surface area (Å²) in [7, 11) is 0. The number of anilines is 1. The fourth-order valence-corrected chi connectivity index (χ4v) is 5.82. The molecule has 12 nitrogen and oxygen atoms in total. The van der Waals surface area contributed by atoms with Crippen LogP contribution in [0.4, 0.5) is 5.82 Å². The van der Waals surface area contributed by atoms with Crippen molar-refractivity contribution >= 4 is 24.0 Å². The molecule has 0 saturated carbocycles. The number of hydrogen-bond acceptors (Lipinski definition) is 10. The van der Waals surface area contributed by atoms with Gasteiger partial charge in [-0.15, -0.1) is 0 Å². The Morgan fingerprint density at radius 2 is 2.09 bits per heavy atom. The third-order valence-electron chi connectivity index (χ3n) is 7.63. The highest BCUT2D eigenvalue weighted by Gasteiger charge is 2.56. The number of hydrogen-bond donors (Lipinski definition) is 3. The first-order chi connectivity index (χ1) is 16.8. The predicted molar refractivity (Wildman–Crippen MR) is 125 cm³/mol. The molecule has 4 aliphatic heterocycles. The number of fused-ring (bicyclic) bond motifs is 2. The van der Waals surface area contributed by atoms with Crippen LogP contribution in [0.15, 0.2) is 34.7 Å². The molecule has 2 bridgehead atoms. The van der Waals surface area contributed by atoms with E-state index in [2.05, 4.69) is 15.0 Å². The quantitative estimate of drug-likeness (QED) is 0.161. The predicted octanol–water partition coefficient (Wildman–Crippen LogP) is -0.248. The molecule has 0 radical (unpaired) electrons. The number of pyridine rings is 1. The van der Waals surface area contributed by atoms with Crippen molar-refractivity contribution < 1.29 is 24.2 Å². The molecule has 0 aliphatic carbocycles. The Morgan fingerprint density at radius 3 is 2.69 bits per heavy atom. The minimum absolute atomic E-state index is 0.0827. The zero-order valence-electron chi connectivity index (χ0n) is 19.7. The third kappa shape index (κ3) is 4.16. The lowest BCUT2D eigenvalue weighted by Crippen LogP contribution is -2.63. The van der Waals surface area contributed by atoms with E-state index >= 15 is 0 Å². The largest absolute Gasteiger partial charge is 0.456 e. The number of amides is 1. The maximum absolute atomic E-state index is 13.6. The Hall–Kier alpha value is -3.06. The van der Waals surface area contributed by atoms with Gasteiger partial charge in [-0.3, -0.25) is 9.69 Å². The van der Waals surface area contributed by atoms with Crippen LogP contribution in [0, 0.1) is 0 Å². The van der Waals surface area contributed by atoms with Crippen molar-refractivity contribution in [3.05, 3.63) is 35.2 Å². The molecular weight excluding hydrogens is 454 g/mol. The molecule has 35 heavy (non-hydrogen) atoms. The van der Waals surface area contributed by atoms with Gasteiger partial charge in [-0.2, -0.15) is 5.10 Å². The average Bonchev–Trinajstić information content (AvgIpc) is 3.30. The van der Waals surface area contributed by atoms with Crippen molar-refractivity contribution in [2.45, 2.75) is 56.4 Å². The van der Waals surface area contributed by atoms with Gasteiger partial charge in [0.2, 0.25) is 0 Å². The lowest BCUT2D eigenvalue weighted by molar-refractivity contribution is -0.182. The van der Waals surface area contributed by atoms with Crippen LogP contribution in [0.3, 0.4) is 0 Å². The Kier molecular flexibility index (Phi) is 6.21. The number of hydrazine groups is 1. The van der Waals surface area contributed by atoms with E-state index in [1.165, 1.54) is 11.3 Å². The fourth-order valence-electron chi connectivity index (χ4n) is 5.82. The number of aliphatic hydroxyl groups excluding tert-OH is 1. The highest BCUT2D eigenvalue weighted by Crippen LogP contribution is 2.46. The summed E-state index contributed by atoms with van der Waals surface area (Å²) in [5.74, 6) is 10.9. The number of piperidine rings is 1. The monoisotopic (exact) mass is 485 g/mol. The van der Waals surface area contributed by atoms with Gasteiger partial charge in [0.1, 0.15) is 24.4 Å². The van der Waals surface area contributed by atoms with Gasteiger partial charge in [-0.25, -0.2) is 20.6 Å². The van der Waals surface area contributed by atoms with Gasteiger partial charge in [0, 0.05) is 49.8 Å². The number of aromatic nitrogens is 1. The van der Waals surface area contributed by atoms with E-state index in [1.54, 1.807) is 30.2 Å². The standard InChI is InChI=1S/C23H31N7O5/c1-14-18(12-34-21(14)32)28-6-7-35-23(22(28)33)8-16-3-4-17(9-23)29(16)11-19(31)15-2-5-20(26-10-15)30(25)13-27-24/h2,5,10,13,16-17,19,31H,3-4,6-9,11-12,24-25H2,1H3/b27-13-. The number of aliphatic hydroxyl groups is 1. The molecule has 1 aromatic rings. The van der Waals surface area contributed by atoms with Gasteiger partial charge in [-0.1, -0.05) is 6.07 Å². The van der Waals surface area contributed by atoms with E-state index in [0.29, 0.717) is 55.2 Å². The molecule has 3 fully saturated rings. The number of rotatable bonds is 6. The van der Waals surface area contributed by atoms with Gasteiger partial charge in [0.05, 0.1) is 24.0 Å². The summed E-state index contributed by atoms with van der Waals surface area (Å²) in [6.07, 6.45) is 5.09. The zero-order valence-corrected chi connectivity index (χ0v) is 19.7. The third-order valence-corrected chi connectivity index (χ3v) is 7.63. The summed E-state index contributed by atoms with van der Waals surface area (Å²) >= 11 is 0. The number of esters is 1. The number of nitrogens with zero attached hydrogens (tertiary/aromatic N) is 5. The second kappa shape index (κ2) is 9.19. The van der Waals surface area contributed by atoms with Crippen LogP contribution in [-0.2, 0) is 19.1 Å². The normalized spacial score (nSPS) is 30.0. The molecule has 5 heterocycles. The summed E-state index contributed by atoms with van der Waals surface area (Å²) in [5.41, 5.74) is 0.920. The first kappa shape index (κ1) is 23.7. The smallest absolute Gasteiger partial charge is 0.336 e.